The second-order valence-corrected chi connectivity index (χ2v) is 5.50. The van der Waals surface area contributed by atoms with Crippen LogP contribution in [0.3, 0.4) is 0 Å². The Hall–Kier alpha value is -1.67. The Bertz CT molecular complexity index is 576. The Morgan fingerprint density at radius 3 is 2.95 bits per heavy atom. The number of thiophene rings is 1. The first kappa shape index (κ1) is 12.4. The summed E-state index contributed by atoms with van der Waals surface area (Å²) < 4.78 is 14.9. The van der Waals surface area contributed by atoms with Crippen molar-refractivity contribution in [3.05, 3.63) is 10.9 Å². The number of amides is 2. The van der Waals surface area contributed by atoms with Gasteiger partial charge in [0.2, 0.25) is 5.91 Å². The number of nitrogen functional groups attached to an aromatic ring is 1. The van der Waals surface area contributed by atoms with Crippen molar-refractivity contribution in [2.75, 3.05) is 12.8 Å². The van der Waals surface area contributed by atoms with Gasteiger partial charge in [0.05, 0.1) is 11.5 Å². The monoisotopic (exact) mass is 285 g/mol. The maximum Gasteiger partial charge on any atom is 0.285 e. The van der Waals surface area contributed by atoms with E-state index < -0.39 is 11.7 Å². The van der Waals surface area contributed by atoms with E-state index in [1.807, 2.05) is 0 Å². The number of rotatable bonds is 1. The minimum Gasteiger partial charge on any atom is -0.401 e. The number of nitrogens with two attached hydrogens (primary N) is 1. The van der Waals surface area contributed by atoms with Crippen molar-refractivity contribution in [1.29, 1.82) is 0 Å². The molecule has 2 N–H and O–H groups in total. The van der Waals surface area contributed by atoms with E-state index in [0.717, 1.165) is 9.96 Å². The topological polar surface area (TPSA) is 75.9 Å². The highest BCUT2D eigenvalue weighted by Crippen LogP contribution is 2.43. The van der Waals surface area contributed by atoms with E-state index in [0.29, 0.717) is 16.3 Å². The van der Waals surface area contributed by atoms with Crippen LogP contribution < -0.4 is 10.6 Å². The highest BCUT2D eigenvalue weighted by molar-refractivity contribution is 7.14. The summed E-state index contributed by atoms with van der Waals surface area (Å²) in [5, 5.41) is 3.20. The van der Waals surface area contributed by atoms with Crippen LogP contribution in [0.5, 0.6) is 5.75 Å². The van der Waals surface area contributed by atoms with Gasteiger partial charge in [-0.15, -0.1) is 11.3 Å². The molecule has 6 nitrogen and oxygen atoms in total. The first-order valence-electron chi connectivity index (χ1n) is 5.75. The number of hydrogen-bond donors (Lipinski definition) is 1. The van der Waals surface area contributed by atoms with Crippen molar-refractivity contribution in [1.82, 2.24) is 9.96 Å². The summed E-state index contributed by atoms with van der Waals surface area (Å²) >= 11 is 1.31. The van der Waals surface area contributed by atoms with Gasteiger partial charge in [-0.2, -0.15) is 0 Å². The third kappa shape index (κ3) is 1.63. The van der Waals surface area contributed by atoms with Crippen LogP contribution in [0.1, 0.15) is 18.4 Å². The average Bonchev–Trinajstić information content (AvgIpc) is 2.95. The summed E-state index contributed by atoms with van der Waals surface area (Å²) in [6.07, 6.45) is -0.233. The zero-order chi connectivity index (χ0) is 13.8. The number of anilines is 1. The molecule has 2 aliphatic heterocycles. The van der Waals surface area contributed by atoms with Gasteiger partial charge in [0.25, 0.3) is 11.7 Å². The Labute approximate surface area is 112 Å². The SMILES string of the molecule is CN1C(=O)CCC(F)(N2Cc3c(csc3N)O2)C1=O. The molecule has 102 valence electrons. The zero-order valence-corrected chi connectivity index (χ0v) is 11.0. The first-order chi connectivity index (χ1) is 8.93. The number of likely N-dealkylation sites (tertiary alicyclic amines) is 1. The number of alkyl halides is 1. The van der Waals surface area contributed by atoms with Crippen LogP contribution in [0, 0.1) is 0 Å². The molecule has 0 saturated carbocycles. The van der Waals surface area contributed by atoms with Crippen LogP contribution in [0.15, 0.2) is 5.38 Å². The molecule has 3 rings (SSSR count). The predicted molar refractivity (Wildman–Crippen MR) is 65.8 cm³/mol. The van der Waals surface area contributed by atoms with E-state index in [1.165, 1.54) is 18.4 Å². The number of hydroxylamine groups is 2. The summed E-state index contributed by atoms with van der Waals surface area (Å²) in [6, 6.07) is 0. The number of halogens is 1. The van der Waals surface area contributed by atoms with E-state index in [-0.39, 0.29) is 25.3 Å². The van der Waals surface area contributed by atoms with Crippen molar-refractivity contribution in [3.8, 4) is 5.75 Å². The minimum absolute atomic E-state index is 0.0269. The minimum atomic E-state index is -2.31. The second-order valence-electron chi connectivity index (χ2n) is 4.59. The largest absolute Gasteiger partial charge is 0.401 e. The molecule has 0 aliphatic carbocycles. The lowest BCUT2D eigenvalue weighted by Gasteiger charge is -2.37. The van der Waals surface area contributed by atoms with Crippen molar-refractivity contribution in [3.63, 3.8) is 0 Å². The lowest BCUT2D eigenvalue weighted by Crippen LogP contribution is -2.60. The molecular weight excluding hydrogens is 273 g/mol. The van der Waals surface area contributed by atoms with Gasteiger partial charge in [0.1, 0.15) is 0 Å². The van der Waals surface area contributed by atoms with Crippen LogP contribution in [0.4, 0.5) is 9.39 Å². The molecule has 1 aromatic heterocycles. The molecule has 1 fully saturated rings. The molecule has 1 atom stereocenters. The lowest BCUT2D eigenvalue weighted by atomic mass is 10.0. The Balaban J connectivity index is 1.87. The third-order valence-electron chi connectivity index (χ3n) is 3.47. The zero-order valence-electron chi connectivity index (χ0n) is 10.2. The fourth-order valence-corrected chi connectivity index (χ4v) is 2.98. The number of nitrogens with zero attached hydrogens (tertiary/aromatic N) is 2. The highest BCUT2D eigenvalue weighted by Gasteiger charge is 2.54. The maximum atomic E-state index is 14.9. The number of carbonyl (C=O) groups is 2. The summed E-state index contributed by atoms with van der Waals surface area (Å²) in [4.78, 5) is 29.5. The van der Waals surface area contributed by atoms with Gasteiger partial charge < -0.3 is 10.6 Å². The summed E-state index contributed by atoms with van der Waals surface area (Å²) in [5.74, 6) is -3.11. The Morgan fingerprint density at radius 1 is 1.53 bits per heavy atom. The van der Waals surface area contributed by atoms with E-state index in [4.69, 9.17) is 10.6 Å². The van der Waals surface area contributed by atoms with Gasteiger partial charge in [0.15, 0.2) is 5.75 Å². The fourth-order valence-electron chi connectivity index (χ4n) is 2.25. The number of imide groups is 1. The Morgan fingerprint density at radius 2 is 2.26 bits per heavy atom. The molecular formula is C11H12FN3O3S. The molecule has 1 aromatic rings. The summed E-state index contributed by atoms with van der Waals surface area (Å²) in [5.41, 5.74) is 6.44. The summed E-state index contributed by atoms with van der Waals surface area (Å²) in [7, 11) is 1.28. The summed E-state index contributed by atoms with van der Waals surface area (Å²) in [6.45, 7) is 0.106. The number of hydrogen-bond acceptors (Lipinski definition) is 6. The van der Waals surface area contributed by atoms with Crippen molar-refractivity contribution < 1.29 is 18.8 Å². The average molecular weight is 285 g/mol. The molecule has 2 amide bonds. The molecule has 19 heavy (non-hydrogen) atoms. The Kier molecular flexibility index (Phi) is 2.55. The van der Waals surface area contributed by atoms with Crippen LogP contribution >= 0.6 is 11.3 Å². The lowest BCUT2D eigenvalue weighted by molar-refractivity contribution is -0.217. The number of likely N-dealkylation sites (N-methyl/N-ethyl adjacent to an activating group) is 1. The molecule has 2 aliphatic rings. The third-order valence-corrected chi connectivity index (χ3v) is 4.30. The molecule has 0 spiro atoms. The number of piperidine rings is 1. The number of fused-ring (bicyclic) bond motifs is 1. The quantitative estimate of drug-likeness (QED) is 0.612. The molecule has 0 aromatic carbocycles. The van der Waals surface area contributed by atoms with E-state index in [9.17, 15) is 14.0 Å². The van der Waals surface area contributed by atoms with Crippen molar-refractivity contribution in [2.45, 2.75) is 25.2 Å². The molecule has 0 bridgehead atoms. The van der Waals surface area contributed by atoms with E-state index in [2.05, 4.69) is 0 Å². The van der Waals surface area contributed by atoms with Gasteiger partial charge in [-0.3, -0.25) is 14.5 Å². The predicted octanol–water partition coefficient (Wildman–Crippen LogP) is 0.884. The molecule has 0 radical (unpaired) electrons. The van der Waals surface area contributed by atoms with Gasteiger partial charge in [0, 0.05) is 30.8 Å². The molecule has 1 unspecified atom stereocenters. The van der Waals surface area contributed by atoms with Crippen molar-refractivity contribution in [2.24, 2.45) is 0 Å². The maximum absolute atomic E-state index is 14.9. The van der Waals surface area contributed by atoms with Gasteiger partial charge in [-0.25, -0.2) is 4.39 Å². The highest BCUT2D eigenvalue weighted by atomic mass is 32.1. The van der Waals surface area contributed by atoms with Crippen LogP contribution in [0.2, 0.25) is 0 Å². The standard InChI is InChI=1S/C11H12FN3O3S/c1-14-8(16)2-3-11(12,10(14)17)15-4-6-7(18-15)5-19-9(6)13/h5H,2-4,13H2,1H3. The van der Waals surface area contributed by atoms with Crippen LogP contribution in [0.25, 0.3) is 0 Å². The van der Waals surface area contributed by atoms with E-state index >= 15 is 0 Å². The number of carbonyl (C=O) groups excluding carboxylic acids is 2. The fraction of sp³-hybridized carbons (Fsp3) is 0.455. The van der Waals surface area contributed by atoms with Crippen LogP contribution in [-0.2, 0) is 16.1 Å². The molecule has 8 heteroatoms. The first-order valence-corrected chi connectivity index (χ1v) is 6.63. The second kappa shape index (κ2) is 3.91. The smallest absolute Gasteiger partial charge is 0.285 e. The molecule has 3 heterocycles. The van der Waals surface area contributed by atoms with E-state index in [1.54, 1.807) is 5.38 Å². The van der Waals surface area contributed by atoms with Gasteiger partial charge in [-0.1, -0.05) is 5.06 Å². The van der Waals surface area contributed by atoms with Gasteiger partial charge >= 0.3 is 0 Å². The van der Waals surface area contributed by atoms with Gasteiger partial charge in [-0.05, 0) is 0 Å². The normalized spacial score (nSPS) is 27.6. The van der Waals surface area contributed by atoms with Crippen LogP contribution in [-0.4, -0.2) is 34.6 Å². The molecule has 1 saturated heterocycles. The van der Waals surface area contributed by atoms with Crippen molar-refractivity contribution >= 4 is 28.2 Å².